The van der Waals surface area contributed by atoms with E-state index in [1.54, 1.807) is 11.3 Å². The summed E-state index contributed by atoms with van der Waals surface area (Å²) in [4.78, 5) is 7.22. The molecule has 1 atom stereocenters. The molecule has 1 fully saturated rings. The van der Waals surface area contributed by atoms with Gasteiger partial charge >= 0.3 is 0 Å². The van der Waals surface area contributed by atoms with Gasteiger partial charge in [-0.25, -0.2) is 4.98 Å². The van der Waals surface area contributed by atoms with E-state index < -0.39 is 0 Å². The van der Waals surface area contributed by atoms with E-state index in [2.05, 4.69) is 38.0 Å². The van der Waals surface area contributed by atoms with Gasteiger partial charge in [0.1, 0.15) is 11.1 Å². The van der Waals surface area contributed by atoms with Crippen molar-refractivity contribution in [2.45, 2.75) is 65.3 Å². The standard InChI is InChI=1S/C14H24N2OS/c1-10(2)16(11(3)4)8-12-9-18-14(15-12)13-6-5-7-17-13/h9-11,13H,5-8H2,1-4H3. The first-order chi connectivity index (χ1) is 8.58. The molecule has 2 rings (SSSR count). The van der Waals surface area contributed by atoms with Crippen molar-refractivity contribution in [3.63, 3.8) is 0 Å². The van der Waals surface area contributed by atoms with Gasteiger partial charge in [-0.15, -0.1) is 11.3 Å². The van der Waals surface area contributed by atoms with Gasteiger partial charge in [0.25, 0.3) is 0 Å². The first kappa shape index (κ1) is 14.0. The molecule has 0 amide bonds. The molecule has 0 aromatic carbocycles. The minimum Gasteiger partial charge on any atom is -0.371 e. The molecule has 0 radical (unpaired) electrons. The zero-order valence-electron chi connectivity index (χ0n) is 11.8. The highest BCUT2D eigenvalue weighted by molar-refractivity contribution is 7.09. The molecule has 1 aliphatic rings. The summed E-state index contributed by atoms with van der Waals surface area (Å²) in [6.07, 6.45) is 2.56. The van der Waals surface area contributed by atoms with Crippen molar-refractivity contribution in [1.29, 1.82) is 0 Å². The maximum absolute atomic E-state index is 5.69. The van der Waals surface area contributed by atoms with Crippen LogP contribution < -0.4 is 0 Å². The number of nitrogens with zero attached hydrogens (tertiary/aromatic N) is 2. The Kier molecular flexibility index (Phi) is 4.76. The molecule has 18 heavy (non-hydrogen) atoms. The second-order valence-electron chi connectivity index (χ2n) is 5.54. The van der Waals surface area contributed by atoms with E-state index in [4.69, 9.17) is 9.72 Å². The Bertz CT molecular complexity index is 362. The van der Waals surface area contributed by atoms with Crippen LogP contribution in [0, 0.1) is 0 Å². The summed E-state index contributed by atoms with van der Waals surface area (Å²) in [7, 11) is 0. The molecule has 0 aliphatic carbocycles. The lowest BCUT2D eigenvalue weighted by Gasteiger charge is -2.29. The monoisotopic (exact) mass is 268 g/mol. The van der Waals surface area contributed by atoms with Crippen LogP contribution in [0.3, 0.4) is 0 Å². The average Bonchev–Trinajstić information content (AvgIpc) is 2.95. The summed E-state index contributed by atoms with van der Waals surface area (Å²) in [5.41, 5.74) is 1.19. The van der Waals surface area contributed by atoms with Crippen molar-refractivity contribution in [3.8, 4) is 0 Å². The van der Waals surface area contributed by atoms with E-state index in [0.717, 1.165) is 24.6 Å². The molecule has 1 aliphatic heterocycles. The highest BCUT2D eigenvalue weighted by Gasteiger charge is 2.22. The summed E-state index contributed by atoms with van der Waals surface area (Å²) < 4.78 is 5.69. The molecule has 1 aromatic rings. The van der Waals surface area contributed by atoms with Crippen molar-refractivity contribution in [2.24, 2.45) is 0 Å². The topological polar surface area (TPSA) is 25.4 Å². The van der Waals surface area contributed by atoms with Crippen LogP contribution in [0.1, 0.15) is 57.3 Å². The molecule has 102 valence electrons. The fourth-order valence-electron chi connectivity index (χ4n) is 2.46. The van der Waals surface area contributed by atoms with Gasteiger partial charge in [0, 0.05) is 30.6 Å². The molecule has 1 aromatic heterocycles. The third kappa shape index (κ3) is 3.31. The molecular formula is C14H24N2OS. The summed E-state index contributed by atoms with van der Waals surface area (Å²) in [5, 5.41) is 3.35. The average molecular weight is 268 g/mol. The van der Waals surface area contributed by atoms with Crippen LogP contribution in [0.15, 0.2) is 5.38 Å². The van der Waals surface area contributed by atoms with E-state index in [-0.39, 0.29) is 6.10 Å². The first-order valence-corrected chi connectivity index (χ1v) is 7.77. The maximum atomic E-state index is 5.69. The minimum atomic E-state index is 0.260. The van der Waals surface area contributed by atoms with E-state index in [9.17, 15) is 0 Å². The van der Waals surface area contributed by atoms with Gasteiger partial charge in [0.2, 0.25) is 0 Å². The smallest absolute Gasteiger partial charge is 0.122 e. The minimum absolute atomic E-state index is 0.260. The van der Waals surface area contributed by atoms with Gasteiger partial charge in [0.05, 0.1) is 5.69 Å². The predicted molar refractivity (Wildman–Crippen MR) is 75.9 cm³/mol. The summed E-state index contributed by atoms with van der Waals surface area (Å²) in [5.74, 6) is 0. The number of rotatable bonds is 5. The van der Waals surface area contributed by atoms with Gasteiger partial charge < -0.3 is 4.74 Å². The van der Waals surface area contributed by atoms with Gasteiger partial charge in [-0.1, -0.05) is 0 Å². The molecule has 2 heterocycles. The number of hydrogen-bond acceptors (Lipinski definition) is 4. The third-order valence-corrected chi connectivity index (χ3v) is 4.43. The number of ether oxygens (including phenoxy) is 1. The second-order valence-corrected chi connectivity index (χ2v) is 6.43. The quantitative estimate of drug-likeness (QED) is 0.815. The fourth-order valence-corrected chi connectivity index (χ4v) is 3.36. The van der Waals surface area contributed by atoms with Gasteiger partial charge in [-0.2, -0.15) is 0 Å². The van der Waals surface area contributed by atoms with Crippen LogP contribution >= 0.6 is 11.3 Å². The van der Waals surface area contributed by atoms with Crippen LogP contribution in [0.5, 0.6) is 0 Å². The van der Waals surface area contributed by atoms with Crippen molar-refractivity contribution in [2.75, 3.05) is 6.61 Å². The van der Waals surface area contributed by atoms with Crippen LogP contribution in [-0.2, 0) is 11.3 Å². The summed E-state index contributed by atoms with van der Waals surface area (Å²) in [6, 6.07) is 1.11. The molecule has 0 spiro atoms. The molecule has 0 saturated carbocycles. The SMILES string of the molecule is CC(C)N(Cc1csc(C2CCCO2)n1)C(C)C. The van der Waals surface area contributed by atoms with Crippen molar-refractivity contribution < 1.29 is 4.74 Å². The maximum Gasteiger partial charge on any atom is 0.122 e. The van der Waals surface area contributed by atoms with E-state index in [1.807, 2.05) is 0 Å². The van der Waals surface area contributed by atoms with Crippen molar-refractivity contribution >= 4 is 11.3 Å². The lowest BCUT2D eigenvalue weighted by atomic mass is 10.2. The Morgan fingerprint density at radius 1 is 1.39 bits per heavy atom. The number of thiazole rings is 1. The Morgan fingerprint density at radius 3 is 2.67 bits per heavy atom. The zero-order valence-corrected chi connectivity index (χ0v) is 12.7. The van der Waals surface area contributed by atoms with E-state index >= 15 is 0 Å². The number of aromatic nitrogens is 1. The molecular weight excluding hydrogens is 244 g/mol. The highest BCUT2D eigenvalue weighted by Crippen LogP contribution is 2.31. The van der Waals surface area contributed by atoms with Crippen LogP contribution in [0.2, 0.25) is 0 Å². The Balaban J connectivity index is 2.00. The Labute approximate surface area is 114 Å². The second kappa shape index (κ2) is 6.13. The number of hydrogen-bond donors (Lipinski definition) is 0. The normalized spacial score (nSPS) is 20.5. The zero-order chi connectivity index (χ0) is 13.1. The molecule has 3 nitrogen and oxygen atoms in total. The molecule has 0 bridgehead atoms. The van der Waals surface area contributed by atoms with E-state index in [0.29, 0.717) is 12.1 Å². The predicted octanol–water partition coefficient (Wildman–Crippen LogP) is 3.61. The van der Waals surface area contributed by atoms with Gasteiger partial charge in [-0.05, 0) is 40.5 Å². The first-order valence-electron chi connectivity index (χ1n) is 6.89. The molecule has 1 unspecified atom stereocenters. The van der Waals surface area contributed by atoms with Crippen LogP contribution in [-0.4, -0.2) is 28.6 Å². The molecule has 4 heteroatoms. The largest absolute Gasteiger partial charge is 0.371 e. The third-order valence-electron chi connectivity index (χ3n) is 3.45. The lowest BCUT2D eigenvalue weighted by molar-refractivity contribution is 0.111. The van der Waals surface area contributed by atoms with Crippen molar-refractivity contribution in [3.05, 3.63) is 16.1 Å². The highest BCUT2D eigenvalue weighted by atomic mass is 32.1. The van der Waals surface area contributed by atoms with Gasteiger partial charge in [0.15, 0.2) is 0 Å². The summed E-state index contributed by atoms with van der Waals surface area (Å²) in [6.45, 7) is 10.8. The Hall–Kier alpha value is -0.450. The summed E-state index contributed by atoms with van der Waals surface area (Å²) >= 11 is 1.75. The van der Waals surface area contributed by atoms with E-state index in [1.165, 1.54) is 12.1 Å². The molecule has 1 saturated heterocycles. The lowest BCUT2D eigenvalue weighted by Crippen LogP contribution is -2.36. The fraction of sp³-hybridized carbons (Fsp3) is 0.786. The van der Waals surface area contributed by atoms with Crippen molar-refractivity contribution in [1.82, 2.24) is 9.88 Å². The molecule has 0 N–H and O–H groups in total. The van der Waals surface area contributed by atoms with Crippen LogP contribution in [0.4, 0.5) is 0 Å². The van der Waals surface area contributed by atoms with Gasteiger partial charge in [-0.3, -0.25) is 4.90 Å². The van der Waals surface area contributed by atoms with Crippen LogP contribution in [0.25, 0.3) is 0 Å². The Morgan fingerprint density at radius 2 is 2.11 bits per heavy atom.